The van der Waals surface area contributed by atoms with E-state index in [9.17, 15) is 0 Å². The number of fused-ring (bicyclic) bond motifs is 6. The van der Waals surface area contributed by atoms with Gasteiger partial charge in [0.05, 0.1) is 6.04 Å². The van der Waals surface area contributed by atoms with E-state index in [-0.39, 0.29) is 0 Å². The zero-order valence-corrected chi connectivity index (χ0v) is 20.8. The Morgan fingerprint density at radius 3 is 2.39 bits per heavy atom. The Bertz CT molecular complexity index is 1650. The summed E-state index contributed by atoms with van der Waals surface area (Å²) >= 11 is 0. The van der Waals surface area contributed by atoms with Gasteiger partial charge in [0.2, 0.25) is 0 Å². The number of rotatable bonds is 4. The van der Waals surface area contributed by atoms with Crippen LogP contribution < -0.4 is 4.90 Å². The van der Waals surface area contributed by atoms with Crippen LogP contribution in [0.2, 0.25) is 0 Å². The molecule has 2 aliphatic rings. The first-order chi connectivity index (χ1) is 17.7. The van der Waals surface area contributed by atoms with Crippen LogP contribution in [0.4, 0.5) is 11.4 Å². The molecule has 1 aliphatic heterocycles. The average Bonchev–Trinajstić information content (AvgIpc) is 3.43. The highest BCUT2D eigenvalue weighted by molar-refractivity contribution is 6.08. The Kier molecular flexibility index (Phi) is 4.89. The number of benzene rings is 4. The molecule has 1 aliphatic carbocycles. The highest BCUT2D eigenvalue weighted by Crippen LogP contribution is 2.49. The normalized spacial score (nSPS) is 18.6. The van der Waals surface area contributed by atoms with Crippen LogP contribution in [-0.2, 0) is 6.42 Å². The van der Waals surface area contributed by atoms with E-state index < -0.39 is 0 Å². The molecule has 0 fully saturated rings. The van der Waals surface area contributed by atoms with Crippen LogP contribution in [0, 0.1) is 5.92 Å². The summed E-state index contributed by atoms with van der Waals surface area (Å²) in [6.45, 7) is 4.57. The maximum Gasteiger partial charge on any atom is 0.0630 e. The average molecular weight is 467 g/mol. The van der Waals surface area contributed by atoms with Gasteiger partial charge < -0.3 is 9.88 Å². The lowest BCUT2D eigenvalue weighted by Gasteiger charge is -2.29. The maximum atomic E-state index is 3.62. The summed E-state index contributed by atoms with van der Waals surface area (Å²) in [5.74, 6) is 0.983. The summed E-state index contributed by atoms with van der Waals surface area (Å²) in [5, 5.41) is 2.63. The van der Waals surface area contributed by atoms with E-state index in [0.717, 1.165) is 6.42 Å². The van der Waals surface area contributed by atoms with Crippen LogP contribution in [0.1, 0.15) is 36.5 Å². The summed E-state index contributed by atoms with van der Waals surface area (Å²) in [6.07, 6.45) is 8.31. The van der Waals surface area contributed by atoms with Crippen molar-refractivity contribution in [3.8, 4) is 0 Å². The number of hydrogen-bond donors (Lipinski definition) is 1. The molecule has 0 amide bonds. The Morgan fingerprint density at radius 2 is 1.56 bits per heavy atom. The molecule has 7 rings (SSSR count). The predicted molar refractivity (Wildman–Crippen MR) is 153 cm³/mol. The highest BCUT2D eigenvalue weighted by Gasteiger charge is 2.38. The lowest BCUT2D eigenvalue weighted by atomic mass is 9.86. The summed E-state index contributed by atoms with van der Waals surface area (Å²) in [4.78, 5) is 6.11. The van der Waals surface area contributed by atoms with E-state index in [0.29, 0.717) is 17.9 Å². The molecule has 1 N–H and O–H groups in total. The molecule has 5 aromatic rings. The van der Waals surface area contributed by atoms with Gasteiger partial charge in [-0.05, 0) is 77.1 Å². The number of allylic oxidation sites excluding steroid dienone is 2. The van der Waals surface area contributed by atoms with Gasteiger partial charge in [-0.1, -0.05) is 80.6 Å². The molecule has 36 heavy (non-hydrogen) atoms. The zero-order chi connectivity index (χ0) is 24.2. The molecule has 0 saturated carbocycles. The molecule has 176 valence electrons. The number of nitrogens with one attached hydrogen (secondary N) is 1. The topological polar surface area (TPSA) is 19.0 Å². The van der Waals surface area contributed by atoms with Crippen molar-refractivity contribution in [2.75, 3.05) is 4.90 Å². The van der Waals surface area contributed by atoms with Crippen LogP contribution in [0.25, 0.3) is 27.4 Å². The van der Waals surface area contributed by atoms with E-state index in [1.54, 1.807) is 0 Å². The molecule has 2 unspecified atom stereocenters. The van der Waals surface area contributed by atoms with E-state index in [4.69, 9.17) is 0 Å². The Morgan fingerprint density at radius 1 is 0.806 bits per heavy atom. The monoisotopic (exact) mass is 466 g/mol. The van der Waals surface area contributed by atoms with Gasteiger partial charge in [-0.15, -0.1) is 0 Å². The van der Waals surface area contributed by atoms with Crippen LogP contribution in [0.15, 0.2) is 109 Å². The summed E-state index contributed by atoms with van der Waals surface area (Å²) in [6, 6.07) is 33.7. The van der Waals surface area contributed by atoms with E-state index in [1.807, 2.05) is 0 Å². The molecule has 2 atom stereocenters. The Labute approximate surface area is 212 Å². The van der Waals surface area contributed by atoms with Crippen molar-refractivity contribution in [2.24, 2.45) is 5.92 Å². The van der Waals surface area contributed by atoms with Crippen molar-refractivity contribution < 1.29 is 0 Å². The van der Waals surface area contributed by atoms with Crippen molar-refractivity contribution in [1.82, 2.24) is 4.98 Å². The third kappa shape index (κ3) is 3.40. The van der Waals surface area contributed by atoms with Crippen LogP contribution in [0.5, 0.6) is 0 Å². The second kappa shape index (κ2) is 8.27. The molecule has 2 heterocycles. The van der Waals surface area contributed by atoms with Crippen LogP contribution in [-0.4, -0.2) is 11.0 Å². The summed E-state index contributed by atoms with van der Waals surface area (Å²) in [5.41, 5.74) is 10.4. The van der Waals surface area contributed by atoms with Crippen molar-refractivity contribution in [3.63, 3.8) is 0 Å². The van der Waals surface area contributed by atoms with Gasteiger partial charge in [-0.2, -0.15) is 0 Å². The van der Waals surface area contributed by atoms with Gasteiger partial charge in [0.15, 0.2) is 0 Å². The number of H-pyrrole nitrogens is 1. The molecule has 0 radical (unpaired) electrons. The number of aromatic nitrogens is 1. The van der Waals surface area contributed by atoms with Crippen LogP contribution in [0.3, 0.4) is 0 Å². The second-order valence-electron chi connectivity index (χ2n) is 10.6. The minimum Gasteiger partial charge on any atom is -0.355 e. The van der Waals surface area contributed by atoms with Crippen molar-refractivity contribution in [2.45, 2.75) is 32.2 Å². The molecule has 2 heteroatoms. The molecule has 0 saturated heterocycles. The molecule has 1 aromatic heterocycles. The SMILES string of the molecule is CC(C)Cc1ccc2[nH]c3ccc(C4=CC5c6ccccc6N(c6ccccc6)C5C=C4)cc3c2c1. The predicted octanol–water partition coefficient (Wildman–Crippen LogP) is 8.78. The van der Waals surface area contributed by atoms with E-state index in [1.165, 1.54) is 55.4 Å². The minimum absolute atomic E-state index is 0.295. The van der Waals surface area contributed by atoms with Gasteiger partial charge in [0, 0.05) is 39.1 Å². The molecule has 4 aromatic carbocycles. The number of para-hydroxylation sites is 2. The number of hydrogen-bond acceptors (Lipinski definition) is 1. The fraction of sp³-hybridized carbons (Fsp3) is 0.176. The minimum atomic E-state index is 0.295. The first-order valence-electron chi connectivity index (χ1n) is 13.0. The molecular formula is C34H30N2. The van der Waals surface area contributed by atoms with Crippen LogP contribution >= 0.6 is 0 Å². The van der Waals surface area contributed by atoms with E-state index in [2.05, 4.69) is 133 Å². The maximum absolute atomic E-state index is 3.62. The number of nitrogens with zero attached hydrogens (tertiary/aromatic N) is 1. The zero-order valence-electron chi connectivity index (χ0n) is 20.8. The van der Waals surface area contributed by atoms with Gasteiger partial charge >= 0.3 is 0 Å². The lowest BCUT2D eigenvalue weighted by molar-refractivity contribution is 0.648. The van der Waals surface area contributed by atoms with Crippen molar-refractivity contribution in [3.05, 3.63) is 126 Å². The Balaban J connectivity index is 1.31. The second-order valence-corrected chi connectivity index (χ2v) is 10.6. The van der Waals surface area contributed by atoms with Gasteiger partial charge in [0.1, 0.15) is 0 Å². The molecule has 0 bridgehead atoms. The number of aromatic amines is 1. The first-order valence-corrected chi connectivity index (χ1v) is 13.0. The molecule has 0 spiro atoms. The summed E-state index contributed by atoms with van der Waals surface area (Å²) in [7, 11) is 0. The Hall–Kier alpha value is -4.04. The van der Waals surface area contributed by atoms with Crippen molar-refractivity contribution in [1.29, 1.82) is 0 Å². The quantitative estimate of drug-likeness (QED) is 0.280. The fourth-order valence-corrected chi connectivity index (χ4v) is 6.15. The first kappa shape index (κ1) is 21.3. The standard InChI is InChI=1S/C34H30N2/c1-22(2)18-23-12-15-31-28(19-23)29-20-24(13-16-32(29)35-31)25-14-17-34-30(21-25)27-10-6-7-11-33(27)36(34)26-8-4-3-5-9-26/h3-17,19-22,30,34-35H,18H2,1-2H3. The third-order valence-corrected chi connectivity index (χ3v) is 7.73. The third-order valence-electron chi connectivity index (χ3n) is 7.73. The largest absolute Gasteiger partial charge is 0.355 e. The van der Waals surface area contributed by atoms with Gasteiger partial charge in [0.25, 0.3) is 0 Å². The highest BCUT2D eigenvalue weighted by atomic mass is 15.2. The molecule has 2 nitrogen and oxygen atoms in total. The van der Waals surface area contributed by atoms with Crippen molar-refractivity contribution >= 4 is 38.8 Å². The number of anilines is 2. The van der Waals surface area contributed by atoms with Gasteiger partial charge in [-0.3, -0.25) is 0 Å². The van der Waals surface area contributed by atoms with Gasteiger partial charge in [-0.25, -0.2) is 0 Å². The van der Waals surface area contributed by atoms with E-state index >= 15 is 0 Å². The summed E-state index contributed by atoms with van der Waals surface area (Å²) < 4.78 is 0. The lowest BCUT2D eigenvalue weighted by Crippen LogP contribution is -2.28. The fourth-order valence-electron chi connectivity index (χ4n) is 6.15. The molecular weight excluding hydrogens is 436 g/mol. The smallest absolute Gasteiger partial charge is 0.0630 e.